The highest BCUT2D eigenvalue weighted by atomic mass is 32.2. The molecule has 184 valence electrons. The van der Waals surface area contributed by atoms with Gasteiger partial charge in [-0.3, -0.25) is 19.2 Å². The van der Waals surface area contributed by atoms with Crippen LogP contribution in [0.3, 0.4) is 0 Å². The lowest BCUT2D eigenvalue weighted by Gasteiger charge is -2.26. The molecule has 0 aromatic heterocycles. The Morgan fingerprint density at radius 1 is 0.938 bits per heavy atom. The van der Waals surface area contributed by atoms with Gasteiger partial charge in [-0.25, -0.2) is 4.79 Å². The number of carbonyl (C=O) groups is 5. The fourth-order valence-electron chi connectivity index (χ4n) is 2.61. The predicted molar refractivity (Wildman–Crippen MR) is 118 cm³/mol. The van der Waals surface area contributed by atoms with Crippen molar-refractivity contribution in [2.75, 3.05) is 18.6 Å². The van der Waals surface area contributed by atoms with Crippen LogP contribution in [-0.4, -0.2) is 87.8 Å². The molecule has 0 aliphatic carbocycles. The first kappa shape index (κ1) is 29.6. The lowest BCUT2D eigenvalue weighted by Crippen LogP contribution is -2.58. The SMILES string of the molecule is CCC(C)C(NC(=O)C(CCC(=O)O)NC(=O)C(CCSC)NC(=O)C(N)CO)C(=O)O. The summed E-state index contributed by atoms with van der Waals surface area (Å²) in [6, 6.07) is -4.87. The molecule has 0 aromatic carbocycles. The molecule has 0 aliphatic rings. The average molecular weight is 479 g/mol. The van der Waals surface area contributed by atoms with Gasteiger partial charge in [0.05, 0.1) is 6.61 Å². The fraction of sp³-hybridized carbons (Fsp3) is 0.737. The maximum absolute atomic E-state index is 12.8. The summed E-state index contributed by atoms with van der Waals surface area (Å²) in [5.41, 5.74) is 5.46. The summed E-state index contributed by atoms with van der Waals surface area (Å²) in [6.07, 6.45) is 1.72. The Balaban J connectivity index is 5.53. The van der Waals surface area contributed by atoms with Crippen molar-refractivity contribution in [1.29, 1.82) is 0 Å². The number of aliphatic hydroxyl groups excluding tert-OH is 1. The third kappa shape index (κ3) is 10.8. The minimum atomic E-state index is -1.33. The summed E-state index contributed by atoms with van der Waals surface area (Å²) in [4.78, 5) is 60.0. The van der Waals surface area contributed by atoms with Gasteiger partial charge in [-0.2, -0.15) is 11.8 Å². The molecule has 8 N–H and O–H groups in total. The van der Waals surface area contributed by atoms with E-state index >= 15 is 0 Å². The topological polar surface area (TPSA) is 208 Å². The Kier molecular flexibility index (Phi) is 14.3. The normalized spacial score (nSPS) is 15.5. The van der Waals surface area contributed by atoms with Crippen molar-refractivity contribution in [3.8, 4) is 0 Å². The zero-order valence-electron chi connectivity index (χ0n) is 18.5. The molecule has 0 saturated heterocycles. The number of nitrogens with one attached hydrogen (secondary N) is 3. The molecular weight excluding hydrogens is 444 g/mol. The molecule has 0 bridgehead atoms. The minimum Gasteiger partial charge on any atom is -0.481 e. The summed E-state index contributed by atoms with van der Waals surface area (Å²) in [6.45, 7) is 2.77. The van der Waals surface area contributed by atoms with E-state index in [0.29, 0.717) is 12.2 Å². The first-order chi connectivity index (χ1) is 15.0. The van der Waals surface area contributed by atoms with Crippen LogP contribution in [0.25, 0.3) is 0 Å². The highest BCUT2D eigenvalue weighted by molar-refractivity contribution is 7.98. The molecule has 0 rings (SSSR count). The molecule has 3 amide bonds. The first-order valence-electron chi connectivity index (χ1n) is 10.2. The quantitative estimate of drug-likeness (QED) is 0.137. The van der Waals surface area contributed by atoms with Gasteiger partial charge in [0, 0.05) is 6.42 Å². The molecule has 0 radical (unpaired) electrons. The van der Waals surface area contributed by atoms with E-state index in [-0.39, 0.29) is 12.8 Å². The van der Waals surface area contributed by atoms with E-state index < -0.39 is 72.8 Å². The zero-order valence-corrected chi connectivity index (χ0v) is 19.3. The maximum Gasteiger partial charge on any atom is 0.326 e. The zero-order chi connectivity index (χ0) is 24.8. The molecule has 5 atom stereocenters. The summed E-state index contributed by atoms with van der Waals surface area (Å²) < 4.78 is 0. The number of carbonyl (C=O) groups excluding carboxylic acids is 3. The Morgan fingerprint density at radius 3 is 1.94 bits per heavy atom. The van der Waals surface area contributed by atoms with Gasteiger partial charge in [-0.15, -0.1) is 0 Å². The summed E-state index contributed by atoms with van der Waals surface area (Å²) in [7, 11) is 0. The molecule has 5 unspecified atom stereocenters. The predicted octanol–water partition coefficient (Wildman–Crippen LogP) is -1.49. The number of carboxylic acid groups (broad SMARTS) is 2. The Bertz CT molecular complexity index is 663. The van der Waals surface area contributed by atoms with Gasteiger partial charge in [0.15, 0.2) is 0 Å². The number of aliphatic carboxylic acids is 2. The second-order valence-electron chi connectivity index (χ2n) is 7.34. The van der Waals surface area contributed by atoms with Crippen LogP contribution in [0.5, 0.6) is 0 Å². The molecule has 32 heavy (non-hydrogen) atoms. The third-order valence-electron chi connectivity index (χ3n) is 4.83. The molecule has 0 fully saturated rings. The van der Waals surface area contributed by atoms with Crippen LogP contribution in [0.4, 0.5) is 0 Å². The number of amides is 3. The lowest BCUT2D eigenvalue weighted by molar-refractivity contribution is -0.144. The van der Waals surface area contributed by atoms with Crippen molar-refractivity contribution in [2.45, 2.75) is 63.7 Å². The van der Waals surface area contributed by atoms with E-state index in [1.165, 1.54) is 11.8 Å². The fourth-order valence-corrected chi connectivity index (χ4v) is 3.08. The smallest absolute Gasteiger partial charge is 0.326 e. The molecule has 13 heteroatoms. The summed E-state index contributed by atoms with van der Waals surface area (Å²) in [5, 5.41) is 34.6. The van der Waals surface area contributed by atoms with Crippen molar-refractivity contribution in [3.63, 3.8) is 0 Å². The van der Waals surface area contributed by atoms with E-state index in [1.54, 1.807) is 20.1 Å². The largest absolute Gasteiger partial charge is 0.481 e. The van der Waals surface area contributed by atoms with Gasteiger partial charge in [-0.05, 0) is 30.8 Å². The lowest BCUT2D eigenvalue weighted by atomic mass is 9.98. The Morgan fingerprint density at radius 2 is 1.47 bits per heavy atom. The molecule has 0 heterocycles. The molecule has 12 nitrogen and oxygen atoms in total. The van der Waals surface area contributed by atoms with Crippen molar-refractivity contribution in [3.05, 3.63) is 0 Å². The van der Waals surface area contributed by atoms with Crippen molar-refractivity contribution in [2.24, 2.45) is 11.7 Å². The minimum absolute atomic E-state index is 0.189. The van der Waals surface area contributed by atoms with Crippen LogP contribution in [0, 0.1) is 5.92 Å². The van der Waals surface area contributed by atoms with Gasteiger partial charge in [0.25, 0.3) is 0 Å². The molecule has 0 saturated carbocycles. The van der Waals surface area contributed by atoms with E-state index in [0.717, 1.165) is 0 Å². The van der Waals surface area contributed by atoms with Crippen LogP contribution >= 0.6 is 11.8 Å². The van der Waals surface area contributed by atoms with E-state index in [2.05, 4.69) is 16.0 Å². The monoisotopic (exact) mass is 478 g/mol. The summed E-state index contributed by atoms with van der Waals surface area (Å²) >= 11 is 1.41. The second kappa shape index (κ2) is 15.4. The van der Waals surface area contributed by atoms with Gasteiger partial charge in [0.1, 0.15) is 24.2 Å². The maximum atomic E-state index is 12.8. The highest BCUT2D eigenvalue weighted by Crippen LogP contribution is 2.10. The van der Waals surface area contributed by atoms with E-state index in [4.69, 9.17) is 15.9 Å². The Hall–Kier alpha value is -2.38. The van der Waals surface area contributed by atoms with Crippen molar-refractivity contribution < 1.29 is 39.3 Å². The van der Waals surface area contributed by atoms with Gasteiger partial charge >= 0.3 is 11.9 Å². The first-order valence-corrected chi connectivity index (χ1v) is 11.6. The standard InChI is InChI=1S/C19H34N4O8S/c1-4-10(2)15(19(30)31)23-18(29)12(5-6-14(25)26)22-17(28)13(7-8-32-3)21-16(27)11(20)9-24/h10-13,15,24H,4-9,20H2,1-3H3,(H,21,27)(H,22,28)(H,23,29)(H,25,26)(H,30,31). The molecule has 0 aliphatic heterocycles. The van der Waals surface area contributed by atoms with Crippen LogP contribution in [0.1, 0.15) is 39.5 Å². The number of hydrogen-bond acceptors (Lipinski definition) is 8. The molecular formula is C19H34N4O8S. The number of carboxylic acids is 2. The van der Waals surface area contributed by atoms with Crippen molar-refractivity contribution >= 4 is 41.4 Å². The molecule has 0 aromatic rings. The van der Waals surface area contributed by atoms with E-state index in [1.807, 2.05) is 0 Å². The third-order valence-corrected chi connectivity index (χ3v) is 5.48. The number of hydrogen-bond donors (Lipinski definition) is 7. The number of thioether (sulfide) groups is 1. The number of aliphatic hydroxyl groups is 1. The van der Waals surface area contributed by atoms with Crippen molar-refractivity contribution in [1.82, 2.24) is 16.0 Å². The van der Waals surface area contributed by atoms with E-state index in [9.17, 15) is 29.1 Å². The average Bonchev–Trinajstić information content (AvgIpc) is 2.75. The van der Waals surface area contributed by atoms with Crippen LogP contribution in [-0.2, 0) is 24.0 Å². The highest BCUT2D eigenvalue weighted by Gasteiger charge is 2.32. The van der Waals surface area contributed by atoms with Gasteiger partial charge in [0.2, 0.25) is 17.7 Å². The van der Waals surface area contributed by atoms with Gasteiger partial charge in [-0.1, -0.05) is 20.3 Å². The van der Waals surface area contributed by atoms with Crippen LogP contribution in [0.2, 0.25) is 0 Å². The summed E-state index contributed by atoms with van der Waals surface area (Å²) in [5.74, 6) is -4.72. The number of rotatable bonds is 16. The van der Waals surface area contributed by atoms with Crippen LogP contribution < -0.4 is 21.7 Å². The van der Waals surface area contributed by atoms with Crippen LogP contribution in [0.15, 0.2) is 0 Å². The van der Waals surface area contributed by atoms with Gasteiger partial charge < -0.3 is 37.0 Å². The molecule has 0 spiro atoms. The second-order valence-corrected chi connectivity index (χ2v) is 8.32. The number of nitrogens with two attached hydrogens (primary N) is 1. The Labute approximate surface area is 191 Å².